The fourth-order valence-electron chi connectivity index (χ4n) is 2.08. The summed E-state index contributed by atoms with van der Waals surface area (Å²) in [4.78, 5) is 18.6. The first-order valence-corrected chi connectivity index (χ1v) is 8.47. The third-order valence-electron chi connectivity index (χ3n) is 3.66. The number of guanidine groups is 1. The second kappa shape index (κ2) is 13.0. The average Bonchev–Trinajstić information content (AvgIpc) is 2.58. The lowest BCUT2D eigenvalue weighted by Gasteiger charge is -2.21. The van der Waals surface area contributed by atoms with Gasteiger partial charge in [0.2, 0.25) is 5.91 Å². The van der Waals surface area contributed by atoms with E-state index in [9.17, 15) is 4.79 Å². The molecular formula is C18H31IN4O. The molecule has 1 aromatic rings. The van der Waals surface area contributed by atoms with E-state index in [1.54, 1.807) is 0 Å². The predicted molar refractivity (Wildman–Crippen MR) is 112 cm³/mol. The first kappa shape index (κ1) is 22.7. The number of amides is 1. The zero-order valence-electron chi connectivity index (χ0n) is 15.2. The molecule has 0 aliphatic rings. The summed E-state index contributed by atoms with van der Waals surface area (Å²) in [5.41, 5.74) is 1.14. The van der Waals surface area contributed by atoms with E-state index in [2.05, 4.69) is 29.5 Å². The molecule has 136 valence electrons. The molecule has 1 atom stereocenters. The summed E-state index contributed by atoms with van der Waals surface area (Å²) in [6.07, 6.45) is 1.01. The van der Waals surface area contributed by atoms with Gasteiger partial charge >= 0.3 is 0 Å². The molecular weight excluding hydrogens is 415 g/mol. The van der Waals surface area contributed by atoms with E-state index >= 15 is 0 Å². The highest BCUT2D eigenvalue weighted by molar-refractivity contribution is 14.0. The number of halogens is 1. The van der Waals surface area contributed by atoms with Gasteiger partial charge in [-0.1, -0.05) is 37.3 Å². The molecule has 0 fully saturated rings. The Labute approximate surface area is 163 Å². The zero-order chi connectivity index (χ0) is 17.1. The molecule has 0 radical (unpaired) electrons. The van der Waals surface area contributed by atoms with Crippen LogP contribution in [0.3, 0.4) is 0 Å². The molecule has 0 spiro atoms. The first-order chi connectivity index (χ1) is 11.1. The monoisotopic (exact) mass is 446 g/mol. The summed E-state index contributed by atoms with van der Waals surface area (Å²) >= 11 is 0. The number of nitrogens with zero attached hydrogens (tertiary/aromatic N) is 2. The van der Waals surface area contributed by atoms with Crippen LogP contribution in [0.15, 0.2) is 35.3 Å². The van der Waals surface area contributed by atoms with Gasteiger partial charge in [0.05, 0.1) is 0 Å². The van der Waals surface area contributed by atoms with Crippen LogP contribution in [0.4, 0.5) is 0 Å². The van der Waals surface area contributed by atoms with Gasteiger partial charge in [0.1, 0.15) is 6.54 Å². The normalized spacial score (nSPS) is 12.1. The average molecular weight is 446 g/mol. The van der Waals surface area contributed by atoms with E-state index in [-0.39, 0.29) is 36.4 Å². The van der Waals surface area contributed by atoms with E-state index in [4.69, 9.17) is 0 Å². The molecule has 0 heterocycles. The maximum absolute atomic E-state index is 12.4. The minimum atomic E-state index is 0. The Morgan fingerprint density at radius 3 is 2.42 bits per heavy atom. The predicted octanol–water partition coefficient (Wildman–Crippen LogP) is 3.01. The quantitative estimate of drug-likeness (QED) is 0.367. The van der Waals surface area contributed by atoms with Crippen molar-refractivity contribution >= 4 is 35.8 Å². The van der Waals surface area contributed by atoms with E-state index in [0.29, 0.717) is 25.1 Å². The van der Waals surface area contributed by atoms with Crippen LogP contribution in [0, 0.1) is 0 Å². The molecule has 2 N–H and O–H groups in total. The standard InChI is InChI=1S/C18H30N4O.HI/c1-5-15(4)21-18(19-6-2)20-13-17(23)22(7-3)14-16-11-9-8-10-12-16;/h8-12,15H,5-7,13-14H2,1-4H3,(H2,19,20,21);1H. The number of nitrogens with one attached hydrogen (secondary N) is 2. The number of carbonyl (C=O) groups excluding carboxylic acids is 1. The number of hydrogen-bond acceptors (Lipinski definition) is 2. The van der Waals surface area contributed by atoms with Crippen molar-refractivity contribution in [3.63, 3.8) is 0 Å². The number of aliphatic imine (C=N–C) groups is 1. The van der Waals surface area contributed by atoms with Crippen molar-refractivity contribution in [2.45, 2.75) is 46.7 Å². The number of likely N-dealkylation sites (N-methyl/N-ethyl adjacent to an activating group) is 1. The van der Waals surface area contributed by atoms with E-state index in [1.807, 2.05) is 49.1 Å². The first-order valence-electron chi connectivity index (χ1n) is 8.47. The minimum Gasteiger partial charge on any atom is -0.357 e. The highest BCUT2D eigenvalue weighted by Crippen LogP contribution is 2.04. The van der Waals surface area contributed by atoms with Crippen molar-refractivity contribution in [3.8, 4) is 0 Å². The summed E-state index contributed by atoms with van der Waals surface area (Å²) in [7, 11) is 0. The molecule has 0 aromatic heterocycles. The van der Waals surface area contributed by atoms with Gasteiger partial charge in [-0.05, 0) is 32.8 Å². The van der Waals surface area contributed by atoms with Gasteiger partial charge in [-0.15, -0.1) is 24.0 Å². The van der Waals surface area contributed by atoms with E-state index in [1.165, 1.54) is 0 Å². The second-order valence-electron chi connectivity index (χ2n) is 5.54. The molecule has 1 unspecified atom stereocenters. The molecule has 24 heavy (non-hydrogen) atoms. The summed E-state index contributed by atoms with van der Waals surface area (Å²) in [6.45, 7) is 10.5. The van der Waals surface area contributed by atoms with Crippen molar-refractivity contribution in [2.75, 3.05) is 19.6 Å². The van der Waals surface area contributed by atoms with Crippen molar-refractivity contribution in [3.05, 3.63) is 35.9 Å². The Balaban J connectivity index is 0.00000529. The van der Waals surface area contributed by atoms with Crippen LogP contribution >= 0.6 is 24.0 Å². The Bertz CT molecular complexity index is 493. The third-order valence-corrected chi connectivity index (χ3v) is 3.66. The molecule has 1 amide bonds. The molecule has 1 aromatic carbocycles. The second-order valence-corrected chi connectivity index (χ2v) is 5.54. The zero-order valence-corrected chi connectivity index (χ0v) is 17.5. The number of hydrogen-bond donors (Lipinski definition) is 2. The third kappa shape index (κ3) is 8.52. The van der Waals surface area contributed by atoms with Gasteiger partial charge in [0.25, 0.3) is 0 Å². The number of benzene rings is 1. The van der Waals surface area contributed by atoms with E-state index in [0.717, 1.165) is 18.5 Å². The molecule has 0 saturated heterocycles. The Morgan fingerprint density at radius 2 is 1.88 bits per heavy atom. The van der Waals surface area contributed by atoms with Gasteiger partial charge in [0.15, 0.2) is 5.96 Å². The van der Waals surface area contributed by atoms with Crippen LogP contribution in [0.1, 0.15) is 39.7 Å². The summed E-state index contributed by atoms with van der Waals surface area (Å²) in [6, 6.07) is 10.4. The molecule has 0 aliphatic heterocycles. The van der Waals surface area contributed by atoms with Gasteiger partial charge in [-0.25, -0.2) is 4.99 Å². The lowest BCUT2D eigenvalue weighted by Crippen LogP contribution is -2.43. The van der Waals surface area contributed by atoms with Crippen LogP contribution in [0.25, 0.3) is 0 Å². The lowest BCUT2D eigenvalue weighted by molar-refractivity contribution is -0.130. The molecule has 1 rings (SSSR count). The fourth-order valence-corrected chi connectivity index (χ4v) is 2.08. The van der Waals surface area contributed by atoms with Crippen LogP contribution in [-0.4, -0.2) is 42.4 Å². The maximum Gasteiger partial charge on any atom is 0.244 e. The highest BCUT2D eigenvalue weighted by Gasteiger charge is 2.12. The summed E-state index contributed by atoms with van der Waals surface area (Å²) in [5.74, 6) is 0.740. The maximum atomic E-state index is 12.4. The largest absolute Gasteiger partial charge is 0.357 e. The van der Waals surface area contributed by atoms with Crippen LogP contribution in [-0.2, 0) is 11.3 Å². The topological polar surface area (TPSA) is 56.7 Å². The van der Waals surface area contributed by atoms with Crippen LogP contribution in [0.5, 0.6) is 0 Å². The van der Waals surface area contributed by atoms with Crippen molar-refractivity contribution in [1.82, 2.24) is 15.5 Å². The molecule has 0 bridgehead atoms. The minimum absolute atomic E-state index is 0. The van der Waals surface area contributed by atoms with Crippen LogP contribution in [0.2, 0.25) is 0 Å². The Morgan fingerprint density at radius 1 is 1.21 bits per heavy atom. The van der Waals surface area contributed by atoms with E-state index < -0.39 is 0 Å². The van der Waals surface area contributed by atoms with Crippen molar-refractivity contribution in [1.29, 1.82) is 0 Å². The molecule has 0 aliphatic carbocycles. The van der Waals surface area contributed by atoms with Gasteiger partial charge in [-0.3, -0.25) is 4.79 Å². The van der Waals surface area contributed by atoms with Gasteiger partial charge in [-0.2, -0.15) is 0 Å². The highest BCUT2D eigenvalue weighted by atomic mass is 127. The summed E-state index contributed by atoms with van der Waals surface area (Å²) in [5, 5.41) is 6.48. The smallest absolute Gasteiger partial charge is 0.244 e. The number of carbonyl (C=O) groups is 1. The van der Waals surface area contributed by atoms with Crippen molar-refractivity contribution in [2.24, 2.45) is 4.99 Å². The summed E-state index contributed by atoms with van der Waals surface area (Å²) < 4.78 is 0. The lowest BCUT2D eigenvalue weighted by atomic mass is 10.2. The van der Waals surface area contributed by atoms with Gasteiger partial charge in [0, 0.05) is 25.7 Å². The van der Waals surface area contributed by atoms with Gasteiger partial charge < -0.3 is 15.5 Å². The number of rotatable bonds is 8. The fraction of sp³-hybridized carbons (Fsp3) is 0.556. The molecule has 0 saturated carbocycles. The Kier molecular flexibility index (Phi) is 12.3. The SMILES string of the molecule is CCNC(=NCC(=O)N(CC)Cc1ccccc1)NC(C)CC.I. The molecule has 5 nitrogen and oxygen atoms in total. The Hall–Kier alpha value is -1.31. The molecule has 6 heteroatoms. The van der Waals surface area contributed by atoms with Crippen LogP contribution < -0.4 is 10.6 Å². The van der Waals surface area contributed by atoms with Crippen molar-refractivity contribution < 1.29 is 4.79 Å².